The third-order valence-corrected chi connectivity index (χ3v) is 3.30. The number of hydrogen-bond acceptors (Lipinski definition) is 4. The van der Waals surface area contributed by atoms with Gasteiger partial charge >= 0.3 is 5.82 Å². The first-order valence-electron chi connectivity index (χ1n) is 5.88. The first kappa shape index (κ1) is 12.6. The Labute approximate surface area is 105 Å². The zero-order valence-electron chi connectivity index (χ0n) is 10.4. The molecule has 7 nitrogen and oxygen atoms in total. The van der Waals surface area contributed by atoms with Crippen molar-refractivity contribution in [3.63, 3.8) is 0 Å². The largest absolute Gasteiger partial charge is 0.358 e. The standard InChI is InChI=1S/C11H16N4O3/c1-3-14(8-6-12-7-8)11(16)9-4-5-10(13(9)2)15(17)18/h4-5,8,12H,3,6-7H2,1-2H3. The van der Waals surface area contributed by atoms with Crippen LogP contribution in [0.4, 0.5) is 5.82 Å². The van der Waals surface area contributed by atoms with Crippen molar-refractivity contribution in [2.75, 3.05) is 19.6 Å². The Morgan fingerprint density at radius 3 is 2.67 bits per heavy atom. The zero-order valence-corrected chi connectivity index (χ0v) is 10.4. The molecular weight excluding hydrogens is 236 g/mol. The summed E-state index contributed by atoms with van der Waals surface area (Å²) in [5.41, 5.74) is 0.357. The lowest BCUT2D eigenvalue weighted by atomic mass is 10.1. The predicted octanol–water partition coefficient (Wildman–Crippen LogP) is 0.367. The van der Waals surface area contributed by atoms with Crippen LogP contribution in [0.3, 0.4) is 0 Å². The van der Waals surface area contributed by atoms with Crippen LogP contribution >= 0.6 is 0 Å². The summed E-state index contributed by atoms with van der Waals surface area (Å²) in [6.07, 6.45) is 0. The molecule has 98 valence electrons. The van der Waals surface area contributed by atoms with E-state index in [0.717, 1.165) is 13.1 Å². The quantitative estimate of drug-likeness (QED) is 0.620. The Morgan fingerprint density at radius 2 is 2.28 bits per heavy atom. The molecule has 0 radical (unpaired) electrons. The van der Waals surface area contributed by atoms with Gasteiger partial charge in [0, 0.05) is 25.7 Å². The van der Waals surface area contributed by atoms with Crippen LogP contribution in [-0.4, -0.2) is 46.0 Å². The van der Waals surface area contributed by atoms with Crippen molar-refractivity contribution in [2.24, 2.45) is 7.05 Å². The highest BCUT2D eigenvalue weighted by Gasteiger charge is 2.31. The van der Waals surface area contributed by atoms with Crippen LogP contribution in [0.5, 0.6) is 0 Å². The third kappa shape index (κ3) is 1.97. The second-order valence-electron chi connectivity index (χ2n) is 4.30. The number of rotatable bonds is 4. The van der Waals surface area contributed by atoms with E-state index in [1.165, 1.54) is 23.7 Å². The van der Waals surface area contributed by atoms with Crippen molar-refractivity contribution in [3.05, 3.63) is 27.9 Å². The number of hydrogen-bond donors (Lipinski definition) is 1. The Morgan fingerprint density at radius 1 is 1.61 bits per heavy atom. The molecule has 1 N–H and O–H groups in total. The summed E-state index contributed by atoms with van der Waals surface area (Å²) in [4.78, 5) is 24.3. The smallest absolute Gasteiger partial charge is 0.323 e. The molecule has 7 heteroatoms. The van der Waals surface area contributed by atoms with E-state index in [4.69, 9.17) is 0 Å². The lowest BCUT2D eigenvalue weighted by molar-refractivity contribution is -0.391. The summed E-state index contributed by atoms with van der Waals surface area (Å²) in [5, 5.41) is 13.9. The third-order valence-electron chi connectivity index (χ3n) is 3.30. The minimum Gasteiger partial charge on any atom is -0.358 e. The maximum atomic E-state index is 12.3. The van der Waals surface area contributed by atoms with Gasteiger partial charge in [-0.2, -0.15) is 0 Å². The molecule has 1 amide bonds. The van der Waals surface area contributed by atoms with Crippen LogP contribution < -0.4 is 5.32 Å². The van der Waals surface area contributed by atoms with Gasteiger partial charge in [0.1, 0.15) is 0 Å². The molecule has 1 saturated heterocycles. The minimum atomic E-state index is -0.488. The molecule has 1 fully saturated rings. The van der Waals surface area contributed by atoms with Crippen molar-refractivity contribution >= 4 is 11.7 Å². The van der Waals surface area contributed by atoms with Crippen LogP contribution in [0.15, 0.2) is 12.1 Å². The van der Waals surface area contributed by atoms with Crippen LogP contribution in [0.1, 0.15) is 17.4 Å². The molecule has 0 atom stereocenters. The number of carbonyl (C=O) groups excluding carboxylic acids is 1. The number of nitro groups is 1. The first-order valence-corrected chi connectivity index (χ1v) is 5.88. The fourth-order valence-electron chi connectivity index (χ4n) is 2.11. The van der Waals surface area contributed by atoms with E-state index in [1.807, 2.05) is 6.92 Å². The van der Waals surface area contributed by atoms with E-state index >= 15 is 0 Å². The monoisotopic (exact) mass is 252 g/mol. The molecule has 0 bridgehead atoms. The average Bonchev–Trinajstić information content (AvgIpc) is 2.64. The fraction of sp³-hybridized carbons (Fsp3) is 0.545. The van der Waals surface area contributed by atoms with Crippen LogP contribution in [0.2, 0.25) is 0 Å². The number of carbonyl (C=O) groups is 1. The van der Waals surface area contributed by atoms with Gasteiger partial charge in [-0.1, -0.05) is 0 Å². The van der Waals surface area contributed by atoms with Gasteiger partial charge in [-0.3, -0.25) is 4.79 Å². The Bertz CT molecular complexity index is 479. The second-order valence-corrected chi connectivity index (χ2v) is 4.30. The van der Waals surface area contributed by atoms with Crippen LogP contribution in [-0.2, 0) is 7.05 Å². The lowest BCUT2D eigenvalue weighted by Crippen LogP contribution is -2.58. The highest BCUT2D eigenvalue weighted by Crippen LogP contribution is 2.18. The van der Waals surface area contributed by atoms with Gasteiger partial charge in [-0.05, 0) is 17.9 Å². The number of likely N-dealkylation sites (N-methyl/N-ethyl adjacent to an activating group) is 1. The van der Waals surface area contributed by atoms with Gasteiger partial charge in [-0.15, -0.1) is 0 Å². The van der Waals surface area contributed by atoms with Crippen LogP contribution in [0.25, 0.3) is 0 Å². The SMILES string of the molecule is CCN(C(=O)c1ccc([N+](=O)[O-])n1C)C1CNC1. The lowest BCUT2D eigenvalue weighted by Gasteiger charge is -2.37. The van der Waals surface area contributed by atoms with E-state index in [-0.39, 0.29) is 17.8 Å². The first-order chi connectivity index (χ1) is 8.56. The summed E-state index contributed by atoms with van der Waals surface area (Å²) >= 11 is 0. The van der Waals surface area contributed by atoms with Gasteiger partial charge in [0.15, 0.2) is 5.69 Å². The molecule has 18 heavy (non-hydrogen) atoms. The highest BCUT2D eigenvalue weighted by atomic mass is 16.6. The number of aromatic nitrogens is 1. The van der Waals surface area contributed by atoms with E-state index in [2.05, 4.69) is 5.32 Å². The molecule has 1 aromatic rings. The fourth-order valence-corrected chi connectivity index (χ4v) is 2.11. The summed E-state index contributed by atoms with van der Waals surface area (Å²) in [6.45, 7) is 4.08. The van der Waals surface area contributed by atoms with Gasteiger partial charge in [-0.25, -0.2) is 4.57 Å². The van der Waals surface area contributed by atoms with E-state index in [1.54, 1.807) is 4.90 Å². The molecule has 1 aliphatic rings. The number of nitrogens with zero attached hydrogens (tertiary/aromatic N) is 3. The Kier molecular flexibility index (Phi) is 3.33. The molecule has 0 aliphatic carbocycles. The molecule has 2 heterocycles. The van der Waals surface area contributed by atoms with Gasteiger partial charge in [0.05, 0.1) is 13.1 Å². The summed E-state index contributed by atoms with van der Waals surface area (Å²) in [6, 6.07) is 3.06. The number of nitrogens with one attached hydrogen (secondary N) is 1. The van der Waals surface area contributed by atoms with Crippen molar-refractivity contribution < 1.29 is 9.72 Å². The Balaban J connectivity index is 2.24. The summed E-state index contributed by atoms with van der Waals surface area (Å²) < 4.78 is 1.33. The normalized spacial score (nSPS) is 15.2. The molecule has 1 aromatic heterocycles. The Hall–Kier alpha value is -1.89. The minimum absolute atomic E-state index is 0.0684. The molecule has 0 aromatic carbocycles. The average molecular weight is 252 g/mol. The second kappa shape index (κ2) is 4.77. The maximum absolute atomic E-state index is 12.3. The zero-order chi connectivity index (χ0) is 13.3. The molecule has 1 aliphatic heterocycles. The molecular formula is C11H16N4O3. The highest BCUT2D eigenvalue weighted by molar-refractivity contribution is 5.93. The van der Waals surface area contributed by atoms with Crippen molar-refractivity contribution in [3.8, 4) is 0 Å². The molecule has 0 saturated carbocycles. The van der Waals surface area contributed by atoms with Gasteiger partial charge in [0.2, 0.25) is 0 Å². The van der Waals surface area contributed by atoms with Crippen molar-refractivity contribution in [1.82, 2.24) is 14.8 Å². The van der Waals surface area contributed by atoms with Gasteiger partial charge in [0.25, 0.3) is 5.91 Å². The maximum Gasteiger partial charge on any atom is 0.323 e. The predicted molar refractivity (Wildman–Crippen MR) is 65.4 cm³/mol. The summed E-state index contributed by atoms with van der Waals surface area (Å²) in [7, 11) is 1.54. The molecule has 0 unspecified atom stereocenters. The molecule has 0 spiro atoms. The van der Waals surface area contributed by atoms with Gasteiger partial charge < -0.3 is 20.3 Å². The van der Waals surface area contributed by atoms with Crippen molar-refractivity contribution in [1.29, 1.82) is 0 Å². The van der Waals surface area contributed by atoms with Crippen molar-refractivity contribution in [2.45, 2.75) is 13.0 Å². The number of amides is 1. The van der Waals surface area contributed by atoms with Crippen LogP contribution in [0, 0.1) is 10.1 Å². The van der Waals surface area contributed by atoms with E-state index in [0.29, 0.717) is 12.2 Å². The van der Waals surface area contributed by atoms with E-state index < -0.39 is 4.92 Å². The molecule has 2 rings (SSSR count). The topological polar surface area (TPSA) is 80.4 Å². The summed E-state index contributed by atoms with van der Waals surface area (Å²) in [5.74, 6) is -0.222. The van der Waals surface area contributed by atoms with E-state index in [9.17, 15) is 14.9 Å².